The smallest absolute Gasteiger partial charge is 0.225 e. The summed E-state index contributed by atoms with van der Waals surface area (Å²) >= 11 is 0. The molecule has 1 aromatic rings. The minimum Gasteiger partial charge on any atom is -0.343 e. The number of carbonyl (C=O) groups is 1. The van der Waals surface area contributed by atoms with Gasteiger partial charge in [0.15, 0.2) is 5.82 Å². The number of hydrogen-bond acceptors (Lipinski definition) is 4. The lowest BCUT2D eigenvalue weighted by Gasteiger charge is -2.33. The van der Waals surface area contributed by atoms with Crippen molar-refractivity contribution < 1.29 is 9.32 Å². The van der Waals surface area contributed by atoms with E-state index in [9.17, 15) is 4.79 Å². The van der Waals surface area contributed by atoms with Gasteiger partial charge in [-0.25, -0.2) is 0 Å². The molecule has 1 aliphatic heterocycles. The first-order chi connectivity index (χ1) is 8.76. The third-order valence-corrected chi connectivity index (χ3v) is 3.81. The summed E-state index contributed by atoms with van der Waals surface area (Å²) in [7, 11) is 0. The molecule has 0 saturated carbocycles. The van der Waals surface area contributed by atoms with Crippen molar-refractivity contribution in [2.75, 3.05) is 13.1 Å². The monoisotopic (exact) mass is 251 g/mol. The molecule has 1 atom stereocenters. The molecule has 5 heteroatoms. The van der Waals surface area contributed by atoms with Gasteiger partial charge in [-0.05, 0) is 25.7 Å². The van der Waals surface area contributed by atoms with Gasteiger partial charge >= 0.3 is 0 Å². The lowest BCUT2D eigenvalue weighted by molar-refractivity contribution is -0.137. The molecule has 1 saturated heterocycles. The van der Waals surface area contributed by atoms with Crippen molar-refractivity contribution in [3.8, 4) is 0 Å². The van der Waals surface area contributed by atoms with Crippen LogP contribution in [0.5, 0.6) is 0 Å². The van der Waals surface area contributed by atoms with E-state index in [1.165, 1.54) is 6.39 Å². The molecule has 0 N–H and O–H groups in total. The number of carbonyl (C=O) groups excluding carboxylic acids is 1. The number of likely N-dealkylation sites (tertiary alicyclic amines) is 1. The number of rotatable bonds is 4. The van der Waals surface area contributed by atoms with E-state index in [-0.39, 0.29) is 17.7 Å². The lowest BCUT2D eigenvalue weighted by Crippen LogP contribution is -2.42. The first-order valence-corrected chi connectivity index (χ1v) is 6.81. The van der Waals surface area contributed by atoms with Crippen LogP contribution in [0, 0.1) is 5.92 Å². The van der Waals surface area contributed by atoms with Crippen LogP contribution in [0.4, 0.5) is 0 Å². The Balaban J connectivity index is 2.00. The fourth-order valence-electron chi connectivity index (χ4n) is 2.64. The fraction of sp³-hybridized carbons (Fsp3) is 0.769. The van der Waals surface area contributed by atoms with Crippen molar-refractivity contribution in [1.82, 2.24) is 15.0 Å². The standard InChI is InChI=1S/C13H21N3O2/c1-3-10(4-2)13(17)16-7-5-6-11(8-16)12-14-9-18-15-12/h9-11H,3-8H2,1-2H3. The molecule has 100 valence electrons. The predicted molar refractivity (Wildman–Crippen MR) is 66.9 cm³/mol. The Labute approximate surface area is 108 Å². The largest absolute Gasteiger partial charge is 0.343 e. The Morgan fingerprint density at radius 3 is 2.94 bits per heavy atom. The molecule has 5 nitrogen and oxygen atoms in total. The SMILES string of the molecule is CCC(CC)C(=O)N1CCCC(c2ncon2)C1. The van der Waals surface area contributed by atoms with E-state index in [0.717, 1.165) is 44.6 Å². The van der Waals surface area contributed by atoms with E-state index in [0.29, 0.717) is 0 Å². The third-order valence-electron chi connectivity index (χ3n) is 3.81. The zero-order valence-corrected chi connectivity index (χ0v) is 11.1. The summed E-state index contributed by atoms with van der Waals surface area (Å²) in [5, 5.41) is 3.89. The van der Waals surface area contributed by atoms with Crippen molar-refractivity contribution in [2.45, 2.75) is 45.4 Å². The molecule has 1 aliphatic rings. The summed E-state index contributed by atoms with van der Waals surface area (Å²) in [6.07, 6.45) is 5.24. The highest BCUT2D eigenvalue weighted by Gasteiger charge is 2.29. The van der Waals surface area contributed by atoms with E-state index in [1.807, 2.05) is 4.90 Å². The van der Waals surface area contributed by atoms with Gasteiger partial charge in [0, 0.05) is 24.9 Å². The van der Waals surface area contributed by atoms with Crippen LogP contribution in [-0.2, 0) is 4.79 Å². The molecular formula is C13H21N3O2. The van der Waals surface area contributed by atoms with Crippen molar-refractivity contribution in [3.63, 3.8) is 0 Å². The summed E-state index contributed by atoms with van der Waals surface area (Å²) in [5.41, 5.74) is 0. The molecule has 1 fully saturated rings. The molecule has 0 aliphatic carbocycles. The van der Waals surface area contributed by atoms with Gasteiger partial charge in [0.25, 0.3) is 0 Å². The Bertz CT molecular complexity index is 374. The molecule has 0 radical (unpaired) electrons. The normalized spacial score (nSPS) is 20.4. The number of nitrogens with zero attached hydrogens (tertiary/aromatic N) is 3. The molecular weight excluding hydrogens is 230 g/mol. The van der Waals surface area contributed by atoms with Gasteiger partial charge in [0.2, 0.25) is 12.3 Å². The number of aromatic nitrogens is 2. The molecule has 2 heterocycles. The summed E-state index contributed by atoms with van der Waals surface area (Å²) in [4.78, 5) is 18.4. The molecule has 1 unspecified atom stereocenters. The van der Waals surface area contributed by atoms with Gasteiger partial charge in [-0.15, -0.1) is 0 Å². The van der Waals surface area contributed by atoms with Crippen molar-refractivity contribution in [3.05, 3.63) is 12.2 Å². The van der Waals surface area contributed by atoms with Crippen molar-refractivity contribution >= 4 is 5.91 Å². The Morgan fingerprint density at radius 2 is 2.33 bits per heavy atom. The number of piperidine rings is 1. The molecule has 1 amide bonds. The molecule has 0 bridgehead atoms. The first kappa shape index (κ1) is 13.1. The van der Waals surface area contributed by atoms with Gasteiger partial charge in [0.05, 0.1) is 0 Å². The van der Waals surface area contributed by atoms with E-state index in [4.69, 9.17) is 4.52 Å². The molecule has 0 spiro atoms. The van der Waals surface area contributed by atoms with Crippen LogP contribution in [0.2, 0.25) is 0 Å². The van der Waals surface area contributed by atoms with Crippen LogP contribution in [-0.4, -0.2) is 34.0 Å². The predicted octanol–water partition coefficient (Wildman–Crippen LogP) is 2.21. The van der Waals surface area contributed by atoms with Crippen molar-refractivity contribution in [2.24, 2.45) is 5.92 Å². The molecule has 1 aromatic heterocycles. The van der Waals surface area contributed by atoms with Crippen LogP contribution in [0.25, 0.3) is 0 Å². The Morgan fingerprint density at radius 1 is 1.56 bits per heavy atom. The quantitative estimate of drug-likeness (QED) is 0.823. The second-order valence-corrected chi connectivity index (χ2v) is 4.93. The zero-order chi connectivity index (χ0) is 13.0. The topological polar surface area (TPSA) is 59.2 Å². The van der Waals surface area contributed by atoms with Crippen LogP contribution in [0.3, 0.4) is 0 Å². The highest BCUT2D eigenvalue weighted by atomic mass is 16.5. The highest BCUT2D eigenvalue weighted by Crippen LogP contribution is 2.26. The minimum absolute atomic E-state index is 0.161. The average Bonchev–Trinajstić information content (AvgIpc) is 2.94. The van der Waals surface area contributed by atoms with E-state index < -0.39 is 0 Å². The number of hydrogen-bond donors (Lipinski definition) is 0. The summed E-state index contributed by atoms with van der Waals surface area (Å²) < 4.78 is 4.79. The molecule has 2 rings (SSSR count). The molecule has 0 aromatic carbocycles. The maximum absolute atomic E-state index is 12.3. The second kappa shape index (κ2) is 5.98. The van der Waals surface area contributed by atoms with Gasteiger partial charge in [0.1, 0.15) is 0 Å². The fourth-order valence-corrected chi connectivity index (χ4v) is 2.64. The number of amides is 1. The highest BCUT2D eigenvalue weighted by molar-refractivity contribution is 5.78. The Kier molecular flexibility index (Phi) is 4.33. The van der Waals surface area contributed by atoms with Crippen LogP contribution < -0.4 is 0 Å². The van der Waals surface area contributed by atoms with E-state index in [2.05, 4.69) is 24.0 Å². The summed E-state index contributed by atoms with van der Waals surface area (Å²) in [6, 6.07) is 0. The maximum atomic E-state index is 12.3. The summed E-state index contributed by atoms with van der Waals surface area (Å²) in [6.45, 7) is 5.75. The first-order valence-electron chi connectivity index (χ1n) is 6.81. The minimum atomic E-state index is 0.161. The zero-order valence-electron chi connectivity index (χ0n) is 11.1. The average molecular weight is 251 g/mol. The molecule has 18 heavy (non-hydrogen) atoms. The van der Waals surface area contributed by atoms with Crippen LogP contribution in [0.15, 0.2) is 10.9 Å². The summed E-state index contributed by atoms with van der Waals surface area (Å²) in [5.74, 6) is 1.41. The Hall–Kier alpha value is -1.39. The lowest BCUT2D eigenvalue weighted by atomic mass is 9.94. The van der Waals surface area contributed by atoms with Gasteiger partial charge in [-0.2, -0.15) is 4.98 Å². The third kappa shape index (κ3) is 2.71. The van der Waals surface area contributed by atoms with Gasteiger partial charge < -0.3 is 9.42 Å². The second-order valence-electron chi connectivity index (χ2n) is 4.93. The van der Waals surface area contributed by atoms with Crippen molar-refractivity contribution in [1.29, 1.82) is 0 Å². The maximum Gasteiger partial charge on any atom is 0.225 e. The van der Waals surface area contributed by atoms with E-state index in [1.54, 1.807) is 0 Å². The van der Waals surface area contributed by atoms with Gasteiger partial charge in [-0.3, -0.25) is 4.79 Å². The van der Waals surface area contributed by atoms with E-state index >= 15 is 0 Å². The van der Waals surface area contributed by atoms with Gasteiger partial charge in [-0.1, -0.05) is 19.0 Å². The van der Waals surface area contributed by atoms with Crippen LogP contribution in [0.1, 0.15) is 51.3 Å². The van der Waals surface area contributed by atoms with Crippen LogP contribution >= 0.6 is 0 Å².